The van der Waals surface area contributed by atoms with E-state index in [1.54, 1.807) is 0 Å². The van der Waals surface area contributed by atoms with Crippen LogP contribution in [0.4, 0.5) is 0 Å². The summed E-state index contributed by atoms with van der Waals surface area (Å²) >= 11 is 0. The Hall–Kier alpha value is -1.31. The number of ketones is 1. The van der Waals surface area contributed by atoms with Crippen molar-refractivity contribution >= 4 is 5.78 Å². The van der Waals surface area contributed by atoms with Gasteiger partial charge in [0.25, 0.3) is 0 Å². The highest BCUT2D eigenvalue weighted by molar-refractivity contribution is 6.05. The summed E-state index contributed by atoms with van der Waals surface area (Å²) in [6.45, 7) is 8.12. The van der Waals surface area contributed by atoms with Crippen molar-refractivity contribution in [1.82, 2.24) is 0 Å². The van der Waals surface area contributed by atoms with Gasteiger partial charge in [0, 0.05) is 17.4 Å². The first-order valence-corrected chi connectivity index (χ1v) is 5.90. The zero-order chi connectivity index (χ0) is 11.9. The van der Waals surface area contributed by atoms with Gasteiger partial charge in [-0.05, 0) is 43.5 Å². The molecule has 0 aromatic heterocycles. The Morgan fingerprint density at radius 2 is 2.19 bits per heavy atom. The van der Waals surface area contributed by atoms with Crippen LogP contribution in [0, 0.1) is 5.41 Å². The highest BCUT2D eigenvalue weighted by atomic mass is 16.1. The molecule has 2 aliphatic carbocycles. The van der Waals surface area contributed by atoms with Crippen molar-refractivity contribution in [1.29, 1.82) is 0 Å². The quantitative estimate of drug-likeness (QED) is 0.790. The van der Waals surface area contributed by atoms with Gasteiger partial charge in [0.05, 0.1) is 0 Å². The third kappa shape index (κ3) is 1.44. The molecule has 86 valence electrons. The van der Waals surface area contributed by atoms with Crippen molar-refractivity contribution in [3.8, 4) is 0 Å². The Morgan fingerprint density at radius 3 is 2.62 bits per heavy atom. The second-order valence-corrected chi connectivity index (χ2v) is 4.94. The van der Waals surface area contributed by atoms with Gasteiger partial charge < -0.3 is 5.73 Å². The van der Waals surface area contributed by atoms with Gasteiger partial charge in [-0.3, -0.25) is 4.79 Å². The standard InChI is InChI=1S/C14H19NO/c1-4-9(2)13-12(10(3)8-15)11(16)7-14(13)5-6-14/h8H,2,4-7,15H2,1,3H3/b10-8-. The predicted molar refractivity (Wildman–Crippen MR) is 65.7 cm³/mol. The number of rotatable bonds is 3. The Kier molecular flexibility index (Phi) is 2.53. The van der Waals surface area contributed by atoms with E-state index in [9.17, 15) is 4.79 Å². The first-order chi connectivity index (χ1) is 7.55. The average Bonchev–Trinajstić information content (AvgIpc) is 2.96. The second kappa shape index (κ2) is 3.62. The molecule has 1 saturated carbocycles. The predicted octanol–water partition coefficient (Wildman–Crippen LogP) is 2.86. The van der Waals surface area contributed by atoms with Crippen molar-refractivity contribution in [3.05, 3.63) is 35.1 Å². The normalized spacial score (nSPS) is 23.1. The van der Waals surface area contributed by atoms with Crippen LogP contribution in [0.3, 0.4) is 0 Å². The van der Waals surface area contributed by atoms with Gasteiger partial charge in [0.15, 0.2) is 5.78 Å². The molecule has 0 heterocycles. The van der Waals surface area contributed by atoms with Crippen LogP contribution in [0.2, 0.25) is 0 Å². The SMILES string of the molecule is C=C(CC)C1=C(/C(C)=C\N)C(=O)CC12CC2. The van der Waals surface area contributed by atoms with Crippen LogP contribution in [-0.4, -0.2) is 5.78 Å². The highest BCUT2D eigenvalue weighted by Gasteiger charge is 2.54. The van der Waals surface area contributed by atoms with Gasteiger partial charge in [-0.1, -0.05) is 19.1 Å². The molecule has 2 rings (SSSR count). The topological polar surface area (TPSA) is 43.1 Å². The molecule has 16 heavy (non-hydrogen) atoms. The van der Waals surface area contributed by atoms with Crippen LogP contribution in [0.25, 0.3) is 0 Å². The van der Waals surface area contributed by atoms with Gasteiger partial charge in [-0.25, -0.2) is 0 Å². The number of carbonyl (C=O) groups excluding carboxylic acids is 1. The first-order valence-electron chi connectivity index (χ1n) is 5.90. The summed E-state index contributed by atoms with van der Waals surface area (Å²) in [6.07, 6.45) is 5.38. The third-order valence-electron chi connectivity index (χ3n) is 3.84. The Bertz CT molecular complexity index is 422. The molecule has 2 nitrogen and oxygen atoms in total. The molecule has 0 amide bonds. The molecular formula is C14H19NO. The van der Waals surface area contributed by atoms with Gasteiger partial charge in [0.2, 0.25) is 0 Å². The minimum Gasteiger partial charge on any atom is -0.404 e. The van der Waals surface area contributed by atoms with Crippen LogP contribution in [0.1, 0.15) is 39.5 Å². The molecule has 0 bridgehead atoms. The van der Waals surface area contributed by atoms with Crippen LogP contribution >= 0.6 is 0 Å². The third-order valence-corrected chi connectivity index (χ3v) is 3.84. The van der Waals surface area contributed by atoms with Gasteiger partial charge in [0.1, 0.15) is 0 Å². The summed E-state index contributed by atoms with van der Waals surface area (Å²) < 4.78 is 0. The van der Waals surface area contributed by atoms with E-state index in [0.29, 0.717) is 6.42 Å². The molecule has 0 atom stereocenters. The van der Waals surface area contributed by atoms with E-state index in [4.69, 9.17) is 5.73 Å². The highest BCUT2D eigenvalue weighted by Crippen LogP contribution is 2.62. The summed E-state index contributed by atoms with van der Waals surface area (Å²) in [5, 5.41) is 0. The van der Waals surface area contributed by atoms with Crippen molar-refractivity contribution < 1.29 is 4.79 Å². The molecule has 2 N–H and O–H groups in total. The van der Waals surface area contributed by atoms with Crippen molar-refractivity contribution in [2.45, 2.75) is 39.5 Å². The number of carbonyl (C=O) groups is 1. The lowest BCUT2D eigenvalue weighted by Crippen LogP contribution is -2.02. The van der Waals surface area contributed by atoms with Gasteiger partial charge in [-0.2, -0.15) is 0 Å². The number of hydrogen-bond donors (Lipinski definition) is 1. The summed E-state index contributed by atoms with van der Waals surface area (Å²) in [5.41, 5.74) is 9.76. The second-order valence-electron chi connectivity index (χ2n) is 4.94. The molecule has 1 fully saturated rings. The Balaban J connectivity index is 2.55. The van der Waals surface area contributed by atoms with Gasteiger partial charge >= 0.3 is 0 Å². The first kappa shape index (κ1) is 11.2. The fourth-order valence-electron chi connectivity index (χ4n) is 2.70. The van der Waals surface area contributed by atoms with Crippen molar-refractivity contribution in [2.75, 3.05) is 0 Å². The van der Waals surface area contributed by atoms with Crippen LogP contribution < -0.4 is 5.73 Å². The zero-order valence-electron chi connectivity index (χ0n) is 10.1. The van der Waals surface area contributed by atoms with Crippen LogP contribution in [0.15, 0.2) is 35.1 Å². The molecule has 0 aliphatic heterocycles. The van der Waals surface area contributed by atoms with E-state index in [1.165, 1.54) is 11.8 Å². The van der Waals surface area contributed by atoms with E-state index in [0.717, 1.165) is 36.0 Å². The maximum atomic E-state index is 12.1. The van der Waals surface area contributed by atoms with E-state index in [-0.39, 0.29) is 11.2 Å². The van der Waals surface area contributed by atoms with E-state index in [2.05, 4.69) is 13.5 Å². The maximum Gasteiger partial charge on any atom is 0.164 e. The average molecular weight is 217 g/mol. The number of nitrogens with two attached hydrogens (primary N) is 1. The molecule has 2 aliphatic rings. The summed E-state index contributed by atoms with van der Waals surface area (Å²) in [7, 11) is 0. The number of hydrogen-bond acceptors (Lipinski definition) is 2. The molecule has 0 unspecified atom stereocenters. The smallest absolute Gasteiger partial charge is 0.164 e. The zero-order valence-corrected chi connectivity index (χ0v) is 10.1. The van der Waals surface area contributed by atoms with Crippen LogP contribution in [0.5, 0.6) is 0 Å². The lowest BCUT2D eigenvalue weighted by atomic mass is 9.89. The minimum atomic E-state index is 0.143. The maximum absolute atomic E-state index is 12.1. The fraction of sp³-hybridized carbons (Fsp3) is 0.500. The molecule has 0 aromatic carbocycles. The van der Waals surface area contributed by atoms with E-state index >= 15 is 0 Å². The minimum absolute atomic E-state index is 0.143. The molecule has 1 spiro atoms. The largest absolute Gasteiger partial charge is 0.404 e. The van der Waals surface area contributed by atoms with Crippen molar-refractivity contribution in [2.24, 2.45) is 11.1 Å². The van der Waals surface area contributed by atoms with E-state index in [1.807, 2.05) is 6.92 Å². The number of allylic oxidation sites excluding steroid dienone is 4. The molecule has 2 heteroatoms. The molecule has 0 saturated heterocycles. The lowest BCUT2D eigenvalue weighted by Gasteiger charge is -2.15. The lowest BCUT2D eigenvalue weighted by molar-refractivity contribution is -0.115. The van der Waals surface area contributed by atoms with Crippen LogP contribution in [-0.2, 0) is 4.79 Å². The molecule has 0 aromatic rings. The van der Waals surface area contributed by atoms with Gasteiger partial charge in [-0.15, -0.1) is 0 Å². The number of Topliss-reactive ketones (excluding diaryl/α,β-unsaturated/α-hetero) is 1. The molecular weight excluding hydrogens is 198 g/mol. The van der Waals surface area contributed by atoms with Crippen molar-refractivity contribution in [3.63, 3.8) is 0 Å². The summed E-state index contributed by atoms with van der Waals surface area (Å²) in [6, 6.07) is 0. The Labute approximate surface area is 96.9 Å². The Morgan fingerprint density at radius 1 is 1.56 bits per heavy atom. The summed E-state index contributed by atoms with van der Waals surface area (Å²) in [5.74, 6) is 0.251. The molecule has 0 radical (unpaired) electrons. The van der Waals surface area contributed by atoms with E-state index < -0.39 is 0 Å². The fourth-order valence-corrected chi connectivity index (χ4v) is 2.70. The summed E-state index contributed by atoms with van der Waals surface area (Å²) in [4.78, 5) is 12.1. The monoisotopic (exact) mass is 217 g/mol.